The third-order valence-electron chi connectivity index (χ3n) is 5.32. The normalized spacial score (nSPS) is 11.7. The van der Waals surface area contributed by atoms with Crippen LogP contribution in [-0.4, -0.2) is 29.3 Å². The Morgan fingerprint density at radius 3 is 2.17 bits per heavy atom. The minimum Gasteiger partial charge on any atom is -0.354 e. The van der Waals surface area contributed by atoms with Crippen LogP contribution in [0.3, 0.4) is 0 Å². The number of carbonyl (C=O) groups excluding carboxylic acids is 2. The lowest BCUT2D eigenvalue weighted by Gasteiger charge is -2.29. The van der Waals surface area contributed by atoms with E-state index in [1.165, 1.54) is 17.7 Å². The summed E-state index contributed by atoms with van der Waals surface area (Å²) in [7, 11) is 0. The lowest BCUT2D eigenvalue weighted by atomic mass is 10.0. The van der Waals surface area contributed by atoms with Crippen LogP contribution in [0.15, 0.2) is 48.5 Å². The first-order chi connectivity index (χ1) is 14.4. The van der Waals surface area contributed by atoms with E-state index >= 15 is 0 Å². The quantitative estimate of drug-likeness (QED) is 0.546. The summed E-state index contributed by atoms with van der Waals surface area (Å²) in [5.41, 5.74) is 3.16. The maximum atomic E-state index is 13.3. The zero-order chi connectivity index (χ0) is 21.9. The highest BCUT2D eigenvalue weighted by Crippen LogP contribution is 2.14. The van der Waals surface area contributed by atoms with Gasteiger partial charge in [-0.1, -0.05) is 56.7 Å². The number of nitrogens with zero attached hydrogens (tertiary/aromatic N) is 1. The van der Waals surface area contributed by atoms with Gasteiger partial charge in [0.25, 0.3) is 0 Å². The average molecular weight is 413 g/mol. The SMILES string of the molecule is CCCCNC(=O)C(C)N(Cc1ccc(F)cc1)C(=O)CCc1ccc(CC)cc1. The van der Waals surface area contributed by atoms with Crippen molar-refractivity contribution in [2.24, 2.45) is 0 Å². The fraction of sp³-hybridized carbons (Fsp3) is 0.440. The van der Waals surface area contributed by atoms with Crippen LogP contribution in [0.1, 0.15) is 56.7 Å². The zero-order valence-corrected chi connectivity index (χ0v) is 18.3. The molecule has 30 heavy (non-hydrogen) atoms. The van der Waals surface area contributed by atoms with Crippen molar-refractivity contribution < 1.29 is 14.0 Å². The molecular weight excluding hydrogens is 379 g/mol. The van der Waals surface area contributed by atoms with Crippen molar-refractivity contribution in [1.29, 1.82) is 0 Å². The van der Waals surface area contributed by atoms with Crippen LogP contribution in [0.2, 0.25) is 0 Å². The summed E-state index contributed by atoms with van der Waals surface area (Å²) in [6, 6.07) is 13.7. The number of nitrogens with one attached hydrogen (secondary N) is 1. The summed E-state index contributed by atoms with van der Waals surface area (Å²) >= 11 is 0. The molecule has 0 spiro atoms. The second-order valence-electron chi connectivity index (χ2n) is 7.64. The highest BCUT2D eigenvalue weighted by Gasteiger charge is 2.25. The first-order valence-electron chi connectivity index (χ1n) is 10.8. The topological polar surface area (TPSA) is 49.4 Å². The van der Waals surface area contributed by atoms with Gasteiger partial charge < -0.3 is 10.2 Å². The van der Waals surface area contributed by atoms with E-state index < -0.39 is 6.04 Å². The Bertz CT molecular complexity index is 803. The third-order valence-corrected chi connectivity index (χ3v) is 5.32. The molecule has 0 aromatic heterocycles. The molecule has 1 unspecified atom stereocenters. The lowest BCUT2D eigenvalue weighted by Crippen LogP contribution is -2.47. The van der Waals surface area contributed by atoms with Crippen molar-refractivity contribution in [2.45, 2.75) is 65.5 Å². The van der Waals surface area contributed by atoms with E-state index in [9.17, 15) is 14.0 Å². The summed E-state index contributed by atoms with van der Waals surface area (Å²) in [6.45, 7) is 6.79. The van der Waals surface area contributed by atoms with Crippen LogP contribution in [0, 0.1) is 5.82 Å². The predicted molar refractivity (Wildman–Crippen MR) is 118 cm³/mol. The monoisotopic (exact) mass is 412 g/mol. The number of rotatable bonds is 11. The molecule has 162 valence electrons. The molecule has 0 aliphatic rings. The summed E-state index contributed by atoms with van der Waals surface area (Å²) in [5.74, 6) is -0.569. The Morgan fingerprint density at radius 1 is 0.967 bits per heavy atom. The highest BCUT2D eigenvalue weighted by atomic mass is 19.1. The molecule has 0 saturated heterocycles. The van der Waals surface area contributed by atoms with Gasteiger partial charge in [-0.05, 0) is 55.0 Å². The number of carbonyl (C=O) groups is 2. The Morgan fingerprint density at radius 2 is 1.57 bits per heavy atom. The molecule has 0 fully saturated rings. The molecule has 0 radical (unpaired) electrons. The second kappa shape index (κ2) is 12.1. The van der Waals surface area contributed by atoms with Gasteiger partial charge in [0.2, 0.25) is 11.8 Å². The van der Waals surface area contributed by atoms with E-state index in [2.05, 4.69) is 43.4 Å². The van der Waals surface area contributed by atoms with Gasteiger partial charge in [0.1, 0.15) is 11.9 Å². The average Bonchev–Trinajstić information content (AvgIpc) is 2.77. The van der Waals surface area contributed by atoms with Crippen LogP contribution < -0.4 is 5.32 Å². The number of aryl methyl sites for hydroxylation is 2. The number of amides is 2. The maximum absolute atomic E-state index is 13.3. The Balaban J connectivity index is 2.08. The molecule has 4 nitrogen and oxygen atoms in total. The molecule has 2 amide bonds. The Hall–Kier alpha value is -2.69. The van der Waals surface area contributed by atoms with Gasteiger partial charge in [0.15, 0.2) is 0 Å². The summed E-state index contributed by atoms with van der Waals surface area (Å²) in [5, 5.41) is 2.91. The van der Waals surface area contributed by atoms with E-state index in [1.807, 2.05) is 0 Å². The minimum atomic E-state index is -0.595. The number of halogens is 1. The van der Waals surface area contributed by atoms with Gasteiger partial charge in [-0.3, -0.25) is 9.59 Å². The van der Waals surface area contributed by atoms with E-state index in [0.29, 0.717) is 19.4 Å². The molecule has 0 saturated carbocycles. The number of hydrogen-bond acceptors (Lipinski definition) is 2. The largest absolute Gasteiger partial charge is 0.354 e. The van der Waals surface area contributed by atoms with Crippen LogP contribution in [0.5, 0.6) is 0 Å². The molecule has 0 heterocycles. The van der Waals surface area contributed by atoms with Gasteiger partial charge in [0, 0.05) is 19.5 Å². The van der Waals surface area contributed by atoms with Crippen molar-refractivity contribution in [3.05, 3.63) is 71.0 Å². The molecule has 2 aromatic rings. The van der Waals surface area contributed by atoms with Gasteiger partial charge in [-0.15, -0.1) is 0 Å². The molecule has 0 aliphatic heterocycles. The van der Waals surface area contributed by atoms with E-state index in [4.69, 9.17) is 0 Å². The van der Waals surface area contributed by atoms with Crippen LogP contribution in [-0.2, 0) is 29.0 Å². The molecule has 0 bridgehead atoms. The lowest BCUT2D eigenvalue weighted by molar-refractivity contribution is -0.140. The van der Waals surface area contributed by atoms with E-state index in [1.54, 1.807) is 24.0 Å². The van der Waals surface area contributed by atoms with Crippen LogP contribution in [0.4, 0.5) is 4.39 Å². The van der Waals surface area contributed by atoms with Gasteiger partial charge in [-0.25, -0.2) is 4.39 Å². The standard InChI is InChI=1S/C25H33FN2O2/c1-4-6-17-27-25(30)19(3)28(18-22-11-14-23(26)15-12-22)24(29)16-13-21-9-7-20(5-2)8-10-21/h7-12,14-15,19H,4-6,13,16-18H2,1-3H3,(H,27,30). The minimum absolute atomic E-state index is 0.0861. The number of unbranched alkanes of at least 4 members (excludes halogenated alkanes) is 1. The van der Waals surface area contributed by atoms with Crippen molar-refractivity contribution in [1.82, 2.24) is 10.2 Å². The van der Waals surface area contributed by atoms with E-state index in [0.717, 1.165) is 30.4 Å². The van der Waals surface area contributed by atoms with Gasteiger partial charge in [-0.2, -0.15) is 0 Å². The van der Waals surface area contributed by atoms with Crippen molar-refractivity contribution in [3.63, 3.8) is 0 Å². The second-order valence-corrected chi connectivity index (χ2v) is 7.64. The highest BCUT2D eigenvalue weighted by molar-refractivity contribution is 5.87. The molecule has 1 atom stereocenters. The summed E-state index contributed by atoms with van der Waals surface area (Å²) in [6.07, 6.45) is 3.81. The fourth-order valence-corrected chi connectivity index (χ4v) is 3.24. The first-order valence-corrected chi connectivity index (χ1v) is 10.8. The fourth-order valence-electron chi connectivity index (χ4n) is 3.24. The molecule has 0 aliphatic carbocycles. The van der Waals surface area contributed by atoms with Gasteiger partial charge in [0.05, 0.1) is 0 Å². The van der Waals surface area contributed by atoms with Crippen LogP contribution >= 0.6 is 0 Å². The van der Waals surface area contributed by atoms with Crippen LogP contribution in [0.25, 0.3) is 0 Å². The first kappa shape index (κ1) is 23.6. The Labute approximate surface area is 179 Å². The third kappa shape index (κ3) is 7.29. The van der Waals surface area contributed by atoms with E-state index in [-0.39, 0.29) is 24.2 Å². The number of hydrogen-bond donors (Lipinski definition) is 1. The molecular formula is C25H33FN2O2. The predicted octanol–water partition coefficient (Wildman–Crippen LogP) is 4.65. The van der Waals surface area contributed by atoms with Gasteiger partial charge >= 0.3 is 0 Å². The smallest absolute Gasteiger partial charge is 0.242 e. The Kier molecular flexibility index (Phi) is 9.52. The van der Waals surface area contributed by atoms with Crippen molar-refractivity contribution in [2.75, 3.05) is 6.54 Å². The van der Waals surface area contributed by atoms with Crippen molar-refractivity contribution >= 4 is 11.8 Å². The zero-order valence-electron chi connectivity index (χ0n) is 18.3. The molecule has 2 aromatic carbocycles. The molecule has 2 rings (SSSR count). The number of benzene rings is 2. The summed E-state index contributed by atoms with van der Waals surface area (Å²) in [4.78, 5) is 27.2. The molecule has 5 heteroatoms. The molecule has 1 N–H and O–H groups in total. The van der Waals surface area contributed by atoms with Crippen molar-refractivity contribution in [3.8, 4) is 0 Å². The maximum Gasteiger partial charge on any atom is 0.242 e. The summed E-state index contributed by atoms with van der Waals surface area (Å²) < 4.78 is 13.3.